The van der Waals surface area contributed by atoms with Crippen LogP contribution in [-0.2, 0) is 10.5 Å². The van der Waals surface area contributed by atoms with Crippen molar-refractivity contribution in [1.29, 1.82) is 0 Å². The van der Waals surface area contributed by atoms with Crippen LogP contribution in [0.1, 0.15) is 11.1 Å². The first kappa shape index (κ1) is 20.8. The van der Waals surface area contributed by atoms with Crippen molar-refractivity contribution in [1.82, 2.24) is 15.6 Å². The van der Waals surface area contributed by atoms with Gasteiger partial charge in [-0.25, -0.2) is 9.82 Å². The van der Waals surface area contributed by atoms with Crippen molar-refractivity contribution in [3.8, 4) is 0 Å². The number of amides is 1. The van der Waals surface area contributed by atoms with Crippen LogP contribution < -0.4 is 5.43 Å². The van der Waals surface area contributed by atoms with Gasteiger partial charge < -0.3 is 0 Å². The SMILES string of the molecule is O=C(CSc1nnc(SCc2ccc(Cl)cc2)s1)N/N=C/c1ccc(F)cc1. The Balaban J connectivity index is 1.40. The van der Waals surface area contributed by atoms with Gasteiger partial charge in [0.25, 0.3) is 5.91 Å². The Kier molecular flexibility index (Phi) is 7.84. The van der Waals surface area contributed by atoms with E-state index in [2.05, 4.69) is 20.7 Å². The van der Waals surface area contributed by atoms with Crippen molar-refractivity contribution in [2.24, 2.45) is 5.10 Å². The molecule has 10 heteroatoms. The molecule has 0 aliphatic rings. The van der Waals surface area contributed by atoms with E-state index < -0.39 is 0 Å². The zero-order chi connectivity index (χ0) is 19.8. The van der Waals surface area contributed by atoms with E-state index in [9.17, 15) is 9.18 Å². The number of carbonyl (C=O) groups is 1. The van der Waals surface area contributed by atoms with E-state index in [1.807, 2.05) is 24.3 Å². The molecule has 0 spiro atoms. The van der Waals surface area contributed by atoms with E-state index in [1.165, 1.54) is 41.4 Å². The number of aromatic nitrogens is 2. The number of hydrazone groups is 1. The Labute approximate surface area is 178 Å². The summed E-state index contributed by atoms with van der Waals surface area (Å²) in [5.74, 6) is 0.376. The number of benzene rings is 2. The lowest BCUT2D eigenvalue weighted by Gasteiger charge is -1.98. The van der Waals surface area contributed by atoms with Crippen LogP contribution >= 0.6 is 46.5 Å². The van der Waals surface area contributed by atoms with E-state index >= 15 is 0 Å². The van der Waals surface area contributed by atoms with Crippen molar-refractivity contribution in [2.75, 3.05) is 5.75 Å². The molecule has 5 nitrogen and oxygen atoms in total. The number of halogens is 2. The summed E-state index contributed by atoms with van der Waals surface area (Å²) in [6.45, 7) is 0. The number of nitrogens with one attached hydrogen (secondary N) is 1. The molecule has 1 heterocycles. The standard InChI is InChI=1S/C18H14ClFN4OS3/c19-14-5-1-13(2-6-14)10-26-17-23-24-18(28-17)27-11-16(25)22-21-9-12-3-7-15(20)8-4-12/h1-9H,10-11H2,(H,22,25)/b21-9+. The lowest BCUT2D eigenvalue weighted by molar-refractivity contribution is -0.118. The van der Waals surface area contributed by atoms with Gasteiger partial charge in [-0.1, -0.05) is 70.7 Å². The minimum Gasteiger partial charge on any atom is -0.272 e. The highest BCUT2D eigenvalue weighted by Crippen LogP contribution is 2.30. The average Bonchev–Trinajstić information content (AvgIpc) is 3.15. The number of carbonyl (C=O) groups excluding carboxylic acids is 1. The minimum absolute atomic E-state index is 0.178. The van der Waals surface area contributed by atoms with E-state index in [-0.39, 0.29) is 17.5 Å². The second-order valence-corrected chi connectivity index (χ2v) is 9.24. The maximum atomic E-state index is 12.8. The van der Waals surface area contributed by atoms with Crippen molar-refractivity contribution < 1.29 is 9.18 Å². The second-order valence-electron chi connectivity index (χ2n) is 5.38. The molecule has 0 saturated carbocycles. The predicted molar refractivity (Wildman–Crippen MR) is 114 cm³/mol. The Morgan fingerprint density at radius 2 is 1.79 bits per heavy atom. The van der Waals surface area contributed by atoms with Crippen molar-refractivity contribution in [3.63, 3.8) is 0 Å². The molecule has 1 amide bonds. The molecule has 1 aromatic heterocycles. The fourth-order valence-corrected chi connectivity index (χ4v) is 4.82. The Morgan fingerprint density at radius 1 is 1.11 bits per heavy atom. The third kappa shape index (κ3) is 6.90. The Hall–Kier alpha value is -1.94. The fraction of sp³-hybridized carbons (Fsp3) is 0.111. The third-order valence-corrected chi connectivity index (χ3v) is 6.78. The quantitative estimate of drug-likeness (QED) is 0.300. The summed E-state index contributed by atoms with van der Waals surface area (Å²) in [7, 11) is 0. The van der Waals surface area contributed by atoms with Gasteiger partial charge in [-0.05, 0) is 35.4 Å². The van der Waals surface area contributed by atoms with Gasteiger partial charge in [0.1, 0.15) is 5.82 Å². The zero-order valence-electron chi connectivity index (χ0n) is 14.3. The summed E-state index contributed by atoms with van der Waals surface area (Å²) in [5, 5.41) is 12.8. The number of hydrogen-bond acceptors (Lipinski definition) is 7. The summed E-state index contributed by atoms with van der Waals surface area (Å²) in [5.41, 5.74) is 4.28. The molecule has 0 atom stereocenters. The maximum Gasteiger partial charge on any atom is 0.250 e. The molecule has 28 heavy (non-hydrogen) atoms. The number of rotatable bonds is 8. The highest BCUT2D eigenvalue weighted by atomic mass is 35.5. The van der Waals surface area contributed by atoms with E-state index in [0.29, 0.717) is 10.6 Å². The predicted octanol–water partition coefficient (Wildman–Crippen LogP) is 4.87. The Bertz CT molecular complexity index is 948. The van der Waals surface area contributed by atoms with Crippen molar-refractivity contribution >= 4 is 58.6 Å². The first-order valence-corrected chi connectivity index (χ1v) is 11.2. The molecule has 0 fully saturated rings. The molecule has 0 aliphatic heterocycles. The topological polar surface area (TPSA) is 67.2 Å². The van der Waals surface area contributed by atoms with Crippen LogP contribution in [0.25, 0.3) is 0 Å². The highest BCUT2D eigenvalue weighted by Gasteiger charge is 2.08. The lowest BCUT2D eigenvalue weighted by Crippen LogP contribution is -2.19. The highest BCUT2D eigenvalue weighted by molar-refractivity contribution is 8.03. The molecule has 3 rings (SSSR count). The van der Waals surface area contributed by atoms with Crippen LogP contribution in [0.5, 0.6) is 0 Å². The van der Waals surface area contributed by atoms with Gasteiger partial charge in [0.2, 0.25) is 0 Å². The number of thioether (sulfide) groups is 2. The molecule has 0 unspecified atom stereocenters. The van der Waals surface area contributed by atoms with Gasteiger partial charge in [-0.3, -0.25) is 4.79 Å². The average molecular weight is 453 g/mol. The van der Waals surface area contributed by atoms with Crippen LogP contribution in [0.2, 0.25) is 5.02 Å². The van der Waals surface area contributed by atoms with Crippen molar-refractivity contribution in [3.05, 3.63) is 70.5 Å². The first-order chi connectivity index (χ1) is 13.6. The molecule has 1 N–H and O–H groups in total. The maximum absolute atomic E-state index is 12.8. The van der Waals surface area contributed by atoms with Gasteiger partial charge in [0.15, 0.2) is 8.68 Å². The fourth-order valence-electron chi connectivity index (χ4n) is 1.93. The molecule has 3 aromatic rings. The van der Waals surface area contributed by atoms with Crippen LogP contribution in [0.15, 0.2) is 62.3 Å². The first-order valence-electron chi connectivity index (χ1n) is 7.99. The van der Waals surface area contributed by atoms with Gasteiger partial charge >= 0.3 is 0 Å². The van der Waals surface area contributed by atoms with Gasteiger partial charge in [0, 0.05) is 10.8 Å². The molecule has 0 bridgehead atoms. The minimum atomic E-state index is -0.319. The molecular formula is C18H14ClFN4OS3. The van der Waals surface area contributed by atoms with Crippen LogP contribution in [0.3, 0.4) is 0 Å². The monoisotopic (exact) mass is 452 g/mol. The molecule has 144 valence electrons. The van der Waals surface area contributed by atoms with Crippen molar-refractivity contribution in [2.45, 2.75) is 14.4 Å². The normalized spacial score (nSPS) is 11.1. The zero-order valence-corrected chi connectivity index (χ0v) is 17.5. The summed E-state index contributed by atoms with van der Waals surface area (Å²) in [4.78, 5) is 11.8. The van der Waals surface area contributed by atoms with Crippen LogP contribution in [0, 0.1) is 5.82 Å². The summed E-state index contributed by atoms with van der Waals surface area (Å²) in [6, 6.07) is 13.5. The molecule has 2 aromatic carbocycles. The largest absolute Gasteiger partial charge is 0.272 e. The summed E-state index contributed by atoms with van der Waals surface area (Å²) in [6.07, 6.45) is 1.46. The Morgan fingerprint density at radius 3 is 2.50 bits per heavy atom. The van der Waals surface area contributed by atoms with E-state index in [1.54, 1.807) is 23.9 Å². The van der Waals surface area contributed by atoms with Gasteiger partial charge in [-0.15, -0.1) is 10.2 Å². The number of nitrogens with zero attached hydrogens (tertiary/aromatic N) is 3. The van der Waals surface area contributed by atoms with E-state index in [0.717, 1.165) is 20.0 Å². The summed E-state index contributed by atoms with van der Waals surface area (Å²) >= 11 is 10.2. The van der Waals surface area contributed by atoms with Gasteiger partial charge in [-0.2, -0.15) is 5.10 Å². The third-order valence-electron chi connectivity index (χ3n) is 3.26. The van der Waals surface area contributed by atoms with Crippen LogP contribution in [-0.4, -0.2) is 28.1 Å². The van der Waals surface area contributed by atoms with E-state index in [4.69, 9.17) is 11.6 Å². The molecular weight excluding hydrogens is 439 g/mol. The smallest absolute Gasteiger partial charge is 0.250 e. The summed E-state index contributed by atoms with van der Waals surface area (Å²) < 4.78 is 14.4. The molecule has 0 aliphatic carbocycles. The van der Waals surface area contributed by atoms with Crippen LogP contribution in [0.4, 0.5) is 4.39 Å². The lowest BCUT2D eigenvalue weighted by atomic mass is 10.2. The second kappa shape index (κ2) is 10.6. The number of hydrogen-bond donors (Lipinski definition) is 1. The molecule has 0 radical (unpaired) electrons. The van der Waals surface area contributed by atoms with Gasteiger partial charge in [0.05, 0.1) is 12.0 Å². The molecule has 0 saturated heterocycles.